The molecule has 0 bridgehead atoms. The van der Waals surface area contributed by atoms with E-state index in [4.69, 9.17) is 0 Å². The van der Waals surface area contributed by atoms with Crippen molar-refractivity contribution in [2.45, 2.75) is 19.9 Å². The van der Waals surface area contributed by atoms with E-state index in [0.29, 0.717) is 17.0 Å². The maximum Gasteiger partial charge on any atom is 0.263 e. The molecule has 0 aliphatic carbocycles. The molecular formula is C14H14N2O2S. The highest BCUT2D eigenvalue weighted by Crippen LogP contribution is 2.37. The molecule has 98 valence electrons. The van der Waals surface area contributed by atoms with Crippen LogP contribution >= 0.6 is 11.3 Å². The Balaban J connectivity index is 2.21. The molecule has 4 nitrogen and oxygen atoms in total. The second kappa shape index (κ2) is 4.35. The zero-order chi connectivity index (χ0) is 13.6. The van der Waals surface area contributed by atoms with Crippen molar-refractivity contribution in [3.63, 3.8) is 0 Å². The van der Waals surface area contributed by atoms with Crippen molar-refractivity contribution >= 4 is 38.8 Å². The molecule has 1 atom stereocenters. The third-order valence-electron chi connectivity index (χ3n) is 3.26. The van der Waals surface area contributed by atoms with Crippen LogP contribution in [0.15, 0.2) is 18.2 Å². The predicted octanol–water partition coefficient (Wildman–Crippen LogP) is 2.65. The van der Waals surface area contributed by atoms with Crippen LogP contribution in [-0.2, 0) is 0 Å². The summed E-state index contributed by atoms with van der Waals surface area (Å²) < 4.78 is 1.02. The zero-order valence-electron chi connectivity index (χ0n) is 10.7. The summed E-state index contributed by atoms with van der Waals surface area (Å²) in [6.07, 6.45) is 0. The highest BCUT2D eigenvalue weighted by atomic mass is 32.1. The van der Waals surface area contributed by atoms with Crippen molar-refractivity contribution < 1.29 is 9.59 Å². The van der Waals surface area contributed by atoms with E-state index in [1.807, 2.05) is 19.1 Å². The molecule has 0 spiro atoms. The quantitative estimate of drug-likeness (QED) is 0.786. The second-order valence-corrected chi connectivity index (χ2v) is 5.88. The summed E-state index contributed by atoms with van der Waals surface area (Å²) >= 11 is 1.46. The van der Waals surface area contributed by atoms with Gasteiger partial charge in [0.1, 0.15) is 4.88 Å². The summed E-state index contributed by atoms with van der Waals surface area (Å²) in [5.41, 5.74) is 1.53. The first kappa shape index (κ1) is 12.2. The Morgan fingerprint density at radius 3 is 2.95 bits per heavy atom. The Kier molecular flexibility index (Phi) is 2.78. The van der Waals surface area contributed by atoms with Crippen molar-refractivity contribution in [3.05, 3.63) is 28.6 Å². The van der Waals surface area contributed by atoms with E-state index in [1.165, 1.54) is 11.3 Å². The smallest absolute Gasteiger partial charge is 0.263 e. The summed E-state index contributed by atoms with van der Waals surface area (Å²) in [7, 11) is 0. The number of ketones is 1. The largest absolute Gasteiger partial charge is 0.381 e. The third-order valence-corrected chi connectivity index (χ3v) is 4.43. The van der Waals surface area contributed by atoms with Crippen LogP contribution in [0, 0.1) is 0 Å². The van der Waals surface area contributed by atoms with E-state index < -0.39 is 0 Å². The maximum atomic E-state index is 12.1. The minimum Gasteiger partial charge on any atom is -0.381 e. The number of hydrogen-bond donors (Lipinski definition) is 2. The lowest BCUT2D eigenvalue weighted by Gasteiger charge is -2.09. The van der Waals surface area contributed by atoms with Crippen LogP contribution in [0.2, 0.25) is 0 Å². The van der Waals surface area contributed by atoms with Crippen molar-refractivity contribution in [1.82, 2.24) is 5.32 Å². The van der Waals surface area contributed by atoms with Crippen molar-refractivity contribution in [2.24, 2.45) is 0 Å². The summed E-state index contributed by atoms with van der Waals surface area (Å²) in [4.78, 5) is 24.3. The number of rotatable bonds is 1. The van der Waals surface area contributed by atoms with Gasteiger partial charge in [0.2, 0.25) is 0 Å². The first-order valence-corrected chi connectivity index (χ1v) is 7.00. The first-order chi connectivity index (χ1) is 9.06. The fourth-order valence-electron chi connectivity index (χ4n) is 2.25. The fourth-order valence-corrected chi connectivity index (χ4v) is 3.31. The van der Waals surface area contributed by atoms with Gasteiger partial charge in [-0.2, -0.15) is 0 Å². The highest BCUT2D eigenvalue weighted by molar-refractivity contribution is 7.21. The van der Waals surface area contributed by atoms with E-state index in [0.717, 1.165) is 15.8 Å². The van der Waals surface area contributed by atoms with Gasteiger partial charge in [-0.15, -0.1) is 11.3 Å². The summed E-state index contributed by atoms with van der Waals surface area (Å²) in [6.45, 7) is 4.20. The number of nitrogens with one attached hydrogen (secondary N) is 2. The average Bonchev–Trinajstić information content (AvgIpc) is 2.67. The van der Waals surface area contributed by atoms with Gasteiger partial charge in [-0.1, -0.05) is 0 Å². The van der Waals surface area contributed by atoms with Gasteiger partial charge < -0.3 is 10.6 Å². The van der Waals surface area contributed by atoms with Gasteiger partial charge in [0.25, 0.3) is 5.91 Å². The lowest BCUT2D eigenvalue weighted by molar-refractivity contribution is 0.0948. The number of hydrogen-bond acceptors (Lipinski definition) is 4. The molecule has 0 fully saturated rings. The second-order valence-electron chi connectivity index (χ2n) is 4.83. The van der Waals surface area contributed by atoms with Gasteiger partial charge in [0.15, 0.2) is 5.78 Å². The Labute approximate surface area is 114 Å². The van der Waals surface area contributed by atoms with Crippen LogP contribution in [0.4, 0.5) is 5.69 Å². The molecule has 0 radical (unpaired) electrons. The van der Waals surface area contributed by atoms with E-state index in [1.54, 1.807) is 13.0 Å². The number of anilines is 1. The van der Waals surface area contributed by atoms with Crippen LogP contribution in [-0.4, -0.2) is 24.3 Å². The first-order valence-electron chi connectivity index (χ1n) is 6.18. The van der Waals surface area contributed by atoms with E-state index in [2.05, 4.69) is 10.6 Å². The van der Waals surface area contributed by atoms with Crippen LogP contribution in [0.3, 0.4) is 0 Å². The molecule has 19 heavy (non-hydrogen) atoms. The normalized spacial score (nSPS) is 18.4. The van der Waals surface area contributed by atoms with E-state index >= 15 is 0 Å². The van der Waals surface area contributed by atoms with Crippen LogP contribution in [0.25, 0.3) is 10.1 Å². The van der Waals surface area contributed by atoms with Gasteiger partial charge in [-0.3, -0.25) is 9.59 Å². The Morgan fingerprint density at radius 2 is 2.21 bits per heavy atom. The molecule has 0 unspecified atom stereocenters. The van der Waals surface area contributed by atoms with Crippen molar-refractivity contribution in [1.29, 1.82) is 0 Å². The van der Waals surface area contributed by atoms with Crippen molar-refractivity contribution in [3.8, 4) is 0 Å². The number of benzene rings is 1. The molecule has 1 aliphatic rings. The summed E-state index contributed by atoms with van der Waals surface area (Å²) in [5, 5.41) is 7.20. The average molecular weight is 274 g/mol. The number of carbonyl (C=O) groups excluding carboxylic acids is 2. The van der Waals surface area contributed by atoms with E-state index in [9.17, 15) is 9.59 Å². The molecule has 1 amide bonds. The van der Waals surface area contributed by atoms with Crippen LogP contribution in [0.1, 0.15) is 33.9 Å². The number of Topliss-reactive ketones (excluding diaryl/α,β-unsaturated/α-hetero) is 1. The topological polar surface area (TPSA) is 58.2 Å². The van der Waals surface area contributed by atoms with Gasteiger partial charge >= 0.3 is 0 Å². The van der Waals surface area contributed by atoms with Gasteiger partial charge in [-0.05, 0) is 32.0 Å². The van der Waals surface area contributed by atoms with E-state index in [-0.39, 0.29) is 17.7 Å². The third kappa shape index (κ3) is 2.00. The SMILES string of the molecule is CC(=O)c1ccc2sc3c(c2c1)NC[C@@H](C)NC3=O. The lowest BCUT2D eigenvalue weighted by Crippen LogP contribution is -2.34. The molecule has 1 aromatic heterocycles. The molecule has 2 N–H and O–H groups in total. The fraction of sp³-hybridized carbons (Fsp3) is 0.286. The number of thiophene rings is 1. The number of carbonyl (C=O) groups is 2. The van der Waals surface area contributed by atoms with Gasteiger partial charge in [0, 0.05) is 28.2 Å². The molecule has 0 saturated carbocycles. The van der Waals surface area contributed by atoms with Gasteiger partial charge in [-0.25, -0.2) is 0 Å². The van der Waals surface area contributed by atoms with Crippen molar-refractivity contribution in [2.75, 3.05) is 11.9 Å². The molecule has 1 aliphatic heterocycles. The molecule has 1 aromatic carbocycles. The Hall–Kier alpha value is -1.88. The molecule has 3 rings (SSSR count). The molecule has 0 saturated heterocycles. The maximum absolute atomic E-state index is 12.1. The molecular weight excluding hydrogens is 260 g/mol. The summed E-state index contributed by atoms with van der Waals surface area (Å²) in [5.74, 6) is -0.00799. The number of fused-ring (bicyclic) bond motifs is 3. The van der Waals surface area contributed by atoms with Crippen LogP contribution in [0.5, 0.6) is 0 Å². The van der Waals surface area contributed by atoms with Gasteiger partial charge in [0.05, 0.1) is 5.69 Å². The highest BCUT2D eigenvalue weighted by Gasteiger charge is 2.23. The molecule has 5 heteroatoms. The standard InChI is InChI=1S/C14H14N2O2S/c1-7-6-15-12-10-5-9(8(2)17)3-4-11(10)19-13(12)14(18)16-7/h3-5,7,15H,6H2,1-2H3,(H,16,18)/t7-/m1/s1. The molecule has 2 heterocycles. The molecule has 2 aromatic rings. The Bertz CT molecular complexity index is 690. The Morgan fingerprint density at radius 1 is 1.42 bits per heavy atom. The predicted molar refractivity (Wildman–Crippen MR) is 77.2 cm³/mol. The monoisotopic (exact) mass is 274 g/mol. The minimum absolute atomic E-state index is 0.0355. The minimum atomic E-state index is -0.0434. The zero-order valence-corrected chi connectivity index (χ0v) is 11.6. The lowest BCUT2D eigenvalue weighted by atomic mass is 10.1. The summed E-state index contributed by atoms with van der Waals surface area (Å²) in [6, 6.07) is 5.67. The van der Waals surface area contributed by atoms with Crippen LogP contribution < -0.4 is 10.6 Å². The number of amides is 1.